The Morgan fingerprint density at radius 1 is 1.10 bits per heavy atom. The van der Waals surface area contributed by atoms with E-state index >= 15 is 0 Å². The lowest BCUT2D eigenvalue weighted by molar-refractivity contribution is 0.0389. The lowest BCUT2D eigenvalue weighted by Crippen LogP contribution is -2.44. The molecule has 1 saturated heterocycles. The Kier molecular flexibility index (Phi) is 13.8. The predicted octanol–water partition coefficient (Wildman–Crippen LogP) is 1.68. The fraction of sp³-hybridized carbons (Fsp3) is 0.929. The highest BCUT2D eigenvalue weighted by Crippen LogP contribution is 1.97. The number of hydrogen-bond donors (Lipinski definition) is 2. The summed E-state index contributed by atoms with van der Waals surface area (Å²) in [7, 11) is 1.83. The molecule has 0 amide bonds. The van der Waals surface area contributed by atoms with Gasteiger partial charge >= 0.3 is 0 Å². The van der Waals surface area contributed by atoms with Gasteiger partial charge in [0.1, 0.15) is 0 Å². The Morgan fingerprint density at radius 3 is 2.45 bits per heavy atom. The molecule has 1 heterocycles. The summed E-state index contributed by atoms with van der Waals surface area (Å²) < 4.78 is 5.34. The van der Waals surface area contributed by atoms with Gasteiger partial charge in [-0.25, -0.2) is 0 Å². The molecule has 6 heteroatoms. The van der Waals surface area contributed by atoms with Crippen molar-refractivity contribution in [3.05, 3.63) is 0 Å². The highest BCUT2D eigenvalue weighted by atomic mass is 127. The first-order valence-corrected chi connectivity index (χ1v) is 7.61. The van der Waals surface area contributed by atoms with Gasteiger partial charge in [-0.1, -0.05) is 26.2 Å². The zero-order chi connectivity index (χ0) is 13.8. The Hall–Kier alpha value is -0.0800. The van der Waals surface area contributed by atoms with E-state index in [1.165, 1.54) is 25.7 Å². The number of aliphatic imine (C=N–C) groups is 1. The fourth-order valence-corrected chi connectivity index (χ4v) is 2.14. The third-order valence-corrected chi connectivity index (χ3v) is 3.37. The van der Waals surface area contributed by atoms with Crippen LogP contribution in [0.2, 0.25) is 0 Å². The molecule has 0 saturated carbocycles. The van der Waals surface area contributed by atoms with Crippen molar-refractivity contribution >= 4 is 29.9 Å². The van der Waals surface area contributed by atoms with Gasteiger partial charge in [0.2, 0.25) is 0 Å². The van der Waals surface area contributed by atoms with E-state index in [0.29, 0.717) is 0 Å². The van der Waals surface area contributed by atoms with E-state index in [1.807, 2.05) is 7.05 Å². The molecule has 0 atom stereocenters. The van der Waals surface area contributed by atoms with E-state index in [0.717, 1.165) is 51.9 Å². The lowest BCUT2D eigenvalue weighted by atomic mass is 10.2. The van der Waals surface area contributed by atoms with Gasteiger partial charge in [0, 0.05) is 39.8 Å². The molecule has 0 bridgehead atoms. The van der Waals surface area contributed by atoms with Crippen molar-refractivity contribution in [3.63, 3.8) is 0 Å². The number of rotatable bonds is 8. The van der Waals surface area contributed by atoms with E-state index in [1.54, 1.807) is 0 Å². The van der Waals surface area contributed by atoms with Crippen molar-refractivity contribution < 1.29 is 4.74 Å². The summed E-state index contributed by atoms with van der Waals surface area (Å²) in [6.07, 6.45) is 5.13. The quantitative estimate of drug-likeness (QED) is 0.283. The zero-order valence-corrected chi connectivity index (χ0v) is 15.3. The minimum absolute atomic E-state index is 0. The monoisotopic (exact) mass is 398 g/mol. The summed E-state index contributed by atoms with van der Waals surface area (Å²) in [5, 5.41) is 6.73. The standard InChI is InChI=1S/C14H30N4O.HI/c1-3-4-5-6-7-16-14(15-2)17-8-9-18-10-12-19-13-11-18;/h3-13H2,1-2H3,(H2,15,16,17);1H. The van der Waals surface area contributed by atoms with Gasteiger partial charge in [-0.15, -0.1) is 24.0 Å². The second kappa shape index (κ2) is 13.9. The van der Waals surface area contributed by atoms with Crippen LogP contribution in [0.1, 0.15) is 32.6 Å². The Bertz CT molecular complexity index is 245. The molecule has 120 valence electrons. The van der Waals surface area contributed by atoms with Crippen LogP contribution < -0.4 is 10.6 Å². The van der Waals surface area contributed by atoms with Crippen molar-refractivity contribution in [2.75, 3.05) is 53.0 Å². The van der Waals surface area contributed by atoms with Gasteiger partial charge in [0.25, 0.3) is 0 Å². The topological polar surface area (TPSA) is 48.9 Å². The number of unbranched alkanes of at least 4 members (excludes halogenated alkanes) is 3. The number of ether oxygens (including phenoxy) is 1. The summed E-state index contributed by atoms with van der Waals surface area (Å²) in [5.74, 6) is 0.921. The van der Waals surface area contributed by atoms with Crippen LogP contribution in [0.25, 0.3) is 0 Å². The second-order valence-corrected chi connectivity index (χ2v) is 4.94. The maximum Gasteiger partial charge on any atom is 0.191 e. The van der Waals surface area contributed by atoms with Crippen molar-refractivity contribution in [1.82, 2.24) is 15.5 Å². The Balaban J connectivity index is 0.00000361. The molecule has 0 spiro atoms. The van der Waals surface area contributed by atoms with Crippen LogP contribution in [0.4, 0.5) is 0 Å². The molecule has 0 aromatic rings. The largest absolute Gasteiger partial charge is 0.379 e. The average molecular weight is 398 g/mol. The third-order valence-electron chi connectivity index (χ3n) is 3.37. The fourth-order valence-electron chi connectivity index (χ4n) is 2.14. The van der Waals surface area contributed by atoms with Crippen molar-refractivity contribution in [2.24, 2.45) is 4.99 Å². The number of nitrogens with one attached hydrogen (secondary N) is 2. The molecule has 1 rings (SSSR count). The van der Waals surface area contributed by atoms with Crippen molar-refractivity contribution in [1.29, 1.82) is 0 Å². The number of guanidine groups is 1. The van der Waals surface area contributed by atoms with Gasteiger partial charge in [-0.05, 0) is 6.42 Å². The zero-order valence-electron chi connectivity index (χ0n) is 13.0. The molecular weight excluding hydrogens is 367 g/mol. The van der Waals surface area contributed by atoms with E-state index in [9.17, 15) is 0 Å². The lowest BCUT2D eigenvalue weighted by Gasteiger charge is -2.26. The number of halogens is 1. The SMILES string of the molecule is CCCCCCNC(=NC)NCCN1CCOCC1.I. The molecule has 2 N–H and O–H groups in total. The van der Waals surface area contributed by atoms with Gasteiger partial charge in [0.15, 0.2) is 5.96 Å². The van der Waals surface area contributed by atoms with E-state index in [-0.39, 0.29) is 24.0 Å². The van der Waals surface area contributed by atoms with Gasteiger partial charge in [-0.3, -0.25) is 9.89 Å². The number of hydrogen-bond acceptors (Lipinski definition) is 3. The third kappa shape index (κ3) is 9.77. The predicted molar refractivity (Wildman–Crippen MR) is 96.2 cm³/mol. The van der Waals surface area contributed by atoms with Crippen LogP contribution in [-0.4, -0.2) is 63.8 Å². The minimum atomic E-state index is 0. The number of morpholine rings is 1. The normalized spacial score (nSPS) is 16.6. The summed E-state index contributed by atoms with van der Waals surface area (Å²) in [6, 6.07) is 0. The van der Waals surface area contributed by atoms with E-state index in [2.05, 4.69) is 27.4 Å². The molecule has 0 aromatic heterocycles. The van der Waals surface area contributed by atoms with Gasteiger partial charge in [-0.2, -0.15) is 0 Å². The van der Waals surface area contributed by atoms with Crippen LogP contribution in [-0.2, 0) is 4.74 Å². The molecule has 1 aliphatic heterocycles. The minimum Gasteiger partial charge on any atom is -0.379 e. The van der Waals surface area contributed by atoms with Gasteiger partial charge < -0.3 is 15.4 Å². The van der Waals surface area contributed by atoms with Crippen molar-refractivity contribution in [3.8, 4) is 0 Å². The molecule has 0 aliphatic carbocycles. The van der Waals surface area contributed by atoms with Gasteiger partial charge in [0.05, 0.1) is 13.2 Å². The summed E-state index contributed by atoms with van der Waals surface area (Å²) in [5.41, 5.74) is 0. The molecule has 1 fully saturated rings. The number of nitrogens with zero attached hydrogens (tertiary/aromatic N) is 2. The first kappa shape index (κ1) is 19.9. The highest BCUT2D eigenvalue weighted by molar-refractivity contribution is 14.0. The molecule has 1 aliphatic rings. The van der Waals surface area contributed by atoms with Crippen LogP contribution in [0.15, 0.2) is 4.99 Å². The molecular formula is C14H31IN4O. The van der Waals surface area contributed by atoms with Crippen LogP contribution in [0.3, 0.4) is 0 Å². The molecule has 0 aromatic carbocycles. The van der Waals surface area contributed by atoms with E-state index in [4.69, 9.17) is 4.74 Å². The first-order chi connectivity index (χ1) is 9.36. The Morgan fingerprint density at radius 2 is 1.80 bits per heavy atom. The highest BCUT2D eigenvalue weighted by Gasteiger charge is 2.09. The smallest absolute Gasteiger partial charge is 0.191 e. The second-order valence-electron chi connectivity index (χ2n) is 4.94. The maximum absolute atomic E-state index is 5.34. The average Bonchev–Trinajstić information content (AvgIpc) is 2.46. The molecule has 20 heavy (non-hydrogen) atoms. The molecule has 0 radical (unpaired) electrons. The van der Waals surface area contributed by atoms with E-state index < -0.39 is 0 Å². The first-order valence-electron chi connectivity index (χ1n) is 7.61. The molecule has 0 unspecified atom stereocenters. The molecule has 5 nitrogen and oxygen atoms in total. The van der Waals surface area contributed by atoms with Crippen LogP contribution in [0, 0.1) is 0 Å². The summed E-state index contributed by atoms with van der Waals surface area (Å²) in [6.45, 7) is 9.07. The van der Waals surface area contributed by atoms with Crippen LogP contribution in [0.5, 0.6) is 0 Å². The van der Waals surface area contributed by atoms with Crippen LogP contribution >= 0.6 is 24.0 Å². The van der Waals surface area contributed by atoms with Crippen molar-refractivity contribution in [2.45, 2.75) is 32.6 Å². The summed E-state index contributed by atoms with van der Waals surface area (Å²) in [4.78, 5) is 6.66. The maximum atomic E-state index is 5.34. The Labute approximate surface area is 140 Å². The summed E-state index contributed by atoms with van der Waals surface area (Å²) >= 11 is 0.